The van der Waals surface area contributed by atoms with E-state index in [1.54, 1.807) is 0 Å². The fourth-order valence-electron chi connectivity index (χ4n) is 2.86. The summed E-state index contributed by atoms with van der Waals surface area (Å²) in [6.07, 6.45) is -2.06. The first-order chi connectivity index (χ1) is 10.0. The van der Waals surface area contributed by atoms with Gasteiger partial charge in [0.05, 0.1) is 17.5 Å². The van der Waals surface area contributed by atoms with Crippen LogP contribution in [0.1, 0.15) is 18.9 Å². The quantitative estimate of drug-likeness (QED) is 0.917. The Morgan fingerprint density at radius 2 is 2.14 bits per heavy atom. The summed E-state index contributed by atoms with van der Waals surface area (Å²) in [5, 5.41) is 3.52. The predicted octanol–water partition coefficient (Wildman–Crippen LogP) is 3.64. The first-order valence-electron chi connectivity index (χ1n) is 7.06. The molecule has 1 aliphatic heterocycles. The molecular formula is C15H17F3N2O. The summed E-state index contributed by atoms with van der Waals surface area (Å²) in [7, 11) is 0. The number of nitrogens with zero attached hydrogens (tertiary/aromatic N) is 1. The molecule has 3 rings (SSSR count). The fraction of sp³-hybridized carbons (Fsp3) is 0.467. The highest BCUT2D eigenvalue weighted by Gasteiger charge is 2.34. The topological polar surface area (TPSA) is 28.4 Å². The van der Waals surface area contributed by atoms with Crippen LogP contribution in [0.3, 0.4) is 0 Å². The standard InChI is InChI=1S/C15H17F3N2O/c1-2-10-9-20(7-6-19-10)13-4-3-12(15(16,17)18)11-5-8-21-14(11)13/h3-5,8,10,19H,2,6-7,9H2,1H3. The molecule has 1 unspecified atom stereocenters. The molecule has 0 radical (unpaired) electrons. The first-order valence-corrected chi connectivity index (χ1v) is 7.06. The van der Waals surface area contributed by atoms with E-state index in [1.807, 2.05) is 0 Å². The maximum absolute atomic E-state index is 13.0. The second kappa shape index (κ2) is 5.26. The van der Waals surface area contributed by atoms with Gasteiger partial charge in [0.2, 0.25) is 0 Å². The summed E-state index contributed by atoms with van der Waals surface area (Å²) in [5.74, 6) is 0. The Morgan fingerprint density at radius 1 is 1.33 bits per heavy atom. The molecule has 3 nitrogen and oxygen atoms in total. The number of hydrogen-bond acceptors (Lipinski definition) is 3. The minimum Gasteiger partial charge on any atom is -0.462 e. The normalized spacial score (nSPS) is 20.2. The van der Waals surface area contributed by atoms with Crippen LogP contribution in [-0.2, 0) is 6.18 Å². The van der Waals surface area contributed by atoms with Gasteiger partial charge in [0.25, 0.3) is 0 Å². The molecule has 1 saturated heterocycles. The Kier molecular flexibility index (Phi) is 3.57. The lowest BCUT2D eigenvalue weighted by molar-refractivity contribution is -0.136. The summed E-state index contributed by atoms with van der Waals surface area (Å²) in [4.78, 5) is 2.09. The van der Waals surface area contributed by atoms with Crippen molar-refractivity contribution in [3.63, 3.8) is 0 Å². The maximum atomic E-state index is 13.0. The summed E-state index contributed by atoms with van der Waals surface area (Å²) in [6.45, 7) is 4.45. The summed E-state index contributed by atoms with van der Waals surface area (Å²) in [6, 6.07) is 4.41. The molecule has 0 bridgehead atoms. The smallest absolute Gasteiger partial charge is 0.417 e. The highest BCUT2D eigenvalue weighted by atomic mass is 19.4. The summed E-state index contributed by atoms with van der Waals surface area (Å²) < 4.78 is 44.4. The number of nitrogens with one attached hydrogen (secondary N) is 1. The van der Waals surface area contributed by atoms with Crippen LogP contribution in [0.4, 0.5) is 18.9 Å². The van der Waals surface area contributed by atoms with E-state index in [9.17, 15) is 13.2 Å². The number of fused-ring (bicyclic) bond motifs is 1. The molecule has 6 heteroatoms. The monoisotopic (exact) mass is 298 g/mol. The van der Waals surface area contributed by atoms with Gasteiger partial charge in [-0.15, -0.1) is 0 Å². The number of alkyl halides is 3. The zero-order valence-electron chi connectivity index (χ0n) is 11.7. The molecule has 0 amide bonds. The van der Waals surface area contributed by atoms with Crippen LogP contribution >= 0.6 is 0 Å². The van der Waals surface area contributed by atoms with Crippen molar-refractivity contribution in [3.05, 3.63) is 30.0 Å². The van der Waals surface area contributed by atoms with Crippen molar-refractivity contribution >= 4 is 16.7 Å². The van der Waals surface area contributed by atoms with Gasteiger partial charge in [0.1, 0.15) is 0 Å². The molecule has 21 heavy (non-hydrogen) atoms. The van der Waals surface area contributed by atoms with Crippen molar-refractivity contribution in [1.29, 1.82) is 0 Å². The molecule has 1 atom stereocenters. The van der Waals surface area contributed by atoms with Crippen LogP contribution in [-0.4, -0.2) is 25.7 Å². The van der Waals surface area contributed by atoms with Crippen LogP contribution in [0.25, 0.3) is 11.0 Å². The number of hydrogen-bond donors (Lipinski definition) is 1. The Labute approximate surface area is 120 Å². The van der Waals surface area contributed by atoms with E-state index in [0.29, 0.717) is 11.6 Å². The Morgan fingerprint density at radius 3 is 2.86 bits per heavy atom. The van der Waals surface area contributed by atoms with Crippen molar-refractivity contribution in [3.8, 4) is 0 Å². The van der Waals surface area contributed by atoms with E-state index in [-0.39, 0.29) is 5.39 Å². The minimum atomic E-state index is -4.37. The molecular weight excluding hydrogens is 281 g/mol. The Bertz CT molecular complexity index is 635. The lowest BCUT2D eigenvalue weighted by Crippen LogP contribution is -2.50. The van der Waals surface area contributed by atoms with Crippen LogP contribution in [0.2, 0.25) is 0 Å². The fourth-order valence-corrected chi connectivity index (χ4v) is 2.86. The molecule has 1 aromatic heterocycles. The predicted molar refractivity (Wildman–Crippen MR) is 75.5 cm³/mol. The third-order valence-corrected chi connectivity index (χ3v) is 3.99. The third kappa shape index (κ3) is 2.60. The molecule has 1 aromatic carbocycles. The van der Waals surface area contributed by atoms with Crippen LogP contribution < -0.4 is 10.2 Å². The van der Waals surface area contributed by atoms with Gasteiger partial charge < -0.3 is 14.6 Å². The first kappa shape index (κ1) is 14.3. The summed E-state index contributed by atoms with van der Waals surface area (Å²) >= 11 is 0. The number of furan rings is 1. The number of piperazine rings is 1. The summed E-state index contributed by atoms with van der Waals surface area (Å²) in [5.41, 5.74) is 0.418. The van der Waals surface area contributed by atoms with Crippen LogP contribution in [0.15, 0.2) is 28.9 Å². The van der Waals surface area contributed by atoms with Gasteiger partial charge in [-0.25, -0.2) is 0 Å². The lowest BCUT2D eigenvalue weighted by Gasteiger charge is -2.35. The second-order valence-electron chi connectivity index (χ2n) is 5.30. The number of rotatable bonds is 2. The Balaban J connectivity index is 2.03. The average Bonchev–Trinajstić information content (AvgIpc) is 2.94. The lowest BCUT2D eigenvalue weighted by atomic mass is 10.1. The number of halogens is 3. The van der Waals surface area contributed by atoms with E-state index >= 15 is 0 Å². The molecule has 1 N–H and O–H groups in total. The van der Waals surface area contributed by atoms with Gasteiger partial charge in [-0.05, 0) is 24.6 Å². The molecule has 0 aliphatic carbocycles. The van der Waals surface area contributed by atoms with Gasteiger partial charge in [0.15, 0.2) is 5.58 Å². The molecule has 1 aliphatic rings. The zero-order valence-corrected chi connectivity index (χ0v) is 11.7. The van der Waals surface area contributed by atoms with Gasteiger partial charge in [-0.1, -0.05) is 6.92 Å². The van der Waals surface area contributed by atoms with E-state index in [1.165, 1.54) is 18.4 Å². The average molecular weight is 298 g/mol. The molecule has 0 spiro atoms. The molecule has 2 aromatic rings. The van der Waals surface area contributed by atoms with Gasteiger partial charge >= 0.3 is 6.18 Å². The van der Waals surface area contributed by atoms with Crippen molar-refractivity contribution in [2.75, 3.05) is 24.5 Å². The largest absolute Gasteiger partial charge is 0.462 e. The van der Waals surface area contributed by atoms with Crippen molar-refractivity contribution < 1.29 is 17.6 Å². The van der Waals surface area contributed by atoms with Crippen molar-refractivity contribution in [2.24, 2.45) is 0 Å². The molecule has 1 fully saturated rings. The van der Waals surface area contributed by atoms with Gasteiger partial charge in [-0.3, -0.25) is 0 Å². The minimum absolute atomic E-state index is 0.131. The van der Waals surface area contributed by atoms with Gasteiger partial charge in [-0.2, -0.15) is 13.2 Å². The van der Waals surface area contributed by atoms with Crippen molar-refractivity contribution in [1.82, 2.24) is 5.32 Å². The van der Waals surface area contributed by atoms with Gasteiger partial charge in [0, 0.05) is 31.1 Å². The highest BCUT2D eigenvalue weighted by molar-refractivity contribution is 5.92. The van der Waals surface area contributed by atoms with Crippen LogP contribution in [0.5, 0.6) is 0 Å². The molecule has 114 valence electrons. The SMILES string of the molecule is CCC1CN(c2ccc(C(F)(F)F)c3ccoc23)CCN1. The highest BCUT2D eigenvalue weighted by Crippen LogP contribution is 2.39. The van der Waals surface area contributed by atoms with E-state index in [2.05, 4.69) is 17.1 Å². The molecule has 2 heterocycles. The van der Waals surface area contributed by atoms with E-state index in [0.717, 1.165) is 37.8 Å². The van der Waals surface area contributed by atoms with Crippen LogP contribution in [0, 0.1) is 0 Å². The zero-order chi connectivity index (χ0) is 15.0. The second-order valence-corrected chi connectivity index (χ2v) is 5.30. The maximum Gasteiger partial charge on any atom is 0.417 e. The van der Waals surface area contributed by atoms with E-state index < -0.39 is 11.7 Å². The van der Waals surface area contributed by atoms with E-state index in [4.69, 9.17) is 4.42 Å². The number of anilines is 1. The third-order valence-electron chi connectivity index (χ3n) is 3.99. The Hall–Kier alpha value is -1.69. The molecule has 0 saturated carbocycles. The van der Waals surface area contributed by atoms with Crippen molar-refractivity contribution in [2.45, 2.75) is 25.6 Å². The number of benzene rings is 1.